The number of hydrogen-bond acceptors (Lipinski definition) is 0. The first kappa shape index (κ1) is 30.1. The summed E-state index contributed by atoms with van der Waals surface area (Å²) in [6.07, 6.45) is 4.54. The van der Waals surface area contributed by atoms with E-state index in [1.54, 1.807) is 0 Å². The second-order valence-corrected chi connectivity index (χ2v) is 15.5. The standard InChI is InChI=1S/C56H32/c1-5-13-33(14-6-1)45-31-47-48(32-46(45)34-15-7-2-8-16-34)51(36-19-11-4-12-20-36)56-44-30-28-42-40-26-24-38-22-21-37-23-25-39(52(40)49(37)38)41-27-29-43(54(44)53(41)42)55(56)50(47)35-17-9-3-10-18-35/h1-32H. The monoisotopic (exact) mass is 704 g/mol. The molecule has 0 radical (unpaired) electrons. The van der Waals surface area contributed by atoms with Gasteiger partial charge in [-0.2, -0.15) is 0 Å². The van der Waals surface area contributed by atoms with Crippen LogP contribution < -0.4 is 0 Å². The van der Waals surface area contributed by atoms with Gasteiger partial charge in [-0.3, -0.25) is 0 Å². The Bertz CT molecular complexity index is 3240. The lowest BCUT2D eigenvalue weighted by Crippen LogP contribution is -1.96. The highest BCUT2D eigenvalue weighted by atomic mass is 14.3. The van der Waals surface area contributed by atoms with Crippen LogP contribution in [0.5, 0.6) is 0 Å². The molecule has 0 amide bonds. The minimum absolute atomic E-state index is 1.22. The van der Waals surface area contributed by atoms with Gasteiger partial charge in [0.15, 0.2) is 0 Å². The lowest BCUT2D eigenvalue weighted by Gasteiger charge is -2.23. The maximum atomic E-state index is 2.49. The van der Waals surface area contributed by atoms with E-state index in [1.165, 1.54) is 132 Å². The van der Waals surface area contributed by atoms with Crippen molar-refractivity contribution in [3.8, 4) is 66.8 Å². The summed E-state index contributed by atoms with van der Waals surface area (Å²) in [5.74, 6) is 0. The molecule has 0 saturated carbocycles. The maximum Gasteiger partial charge on any atom is -0.000740 e. The molecule has 0 heteroatoms. The minimum atomic E-state index is 1.22. The van der Waals surface area contributed by atoms with Gasteiger partial charge in [-0.15, -0.1) is 0 Å². The molecule has 11 aromatic rings. The van der Waals surface area contributed by atoms with E-state index in [2.05, 4.69) is 194 Å². The van der Waals surface area contributed by atoms with E-state index in [4.69, 9.17) is 0 Å². The third kappa shape index (κ3) is 3.93. The highest BCUT2D eigenvalue weighted by molar-refractivity contribution is 6.40. The molecule has 0 bridgehead atoms. The van der Waals surface area contributed by atoms with Crippen LogP contribution in [0.1, 0.15) is 11.1 Å². The van der Waals surface area contributed by atoms with Crippen LogP contribution in [0, 0.1) is 0 Å². The second kappa shape index (κ2) is 11.1. The van der Waals surface area contributed by atoms with Crippen LogP contribution in [0.15, 0.2) is 182 Å². The van der Waals surface area contributed by atoms with Crippen molar-refractivity contribution < 1.29 is 0 Å². The summed E-state index contributed by atoms with van der Waals surface area (Å²) < 4.78 is 0. The van der Waals surface area contributed by atoms with Crippen LogP contribution in [0.2, 0.25) is 0 Å². The van der Waals surface area contributed by atoms with Gasteiger partial charge in [-0.05, 0) is 144 Å². The average Bonchev–Trinajstić information content (AvgIpc) is 3.85. The Morgan fingerprint density at radius 1 is 0.214 bits per heavy atom. The summed E-state index contributed by atoms with van der Waals surface area (Å²) in [5.41, 5.74) is 17.9. The third-order valence-corrected chi connectivity index (χ3v) is 12.7. The first-order chi connectivity index (χ1) is 27.8. The Kier molecular flexibility index (Phi) is 5.98. The predicted octanol–water partition coefficient (Wildman–Crippen LogP) is 15.7. The van der Waals surface area contributed by atoms with Crippen LogP contribution in [0.3, 0.4) is 0 Å². The van der Waals surface area contributed by atoms with Crippen molar-refractivity contribution >= 4 is 66.0 Å². The largest absolute Gasteiger partial charge is 0.0622 e. The molecule has 0 N–H and O–H groups in total. The van der Waals surface area contributed by atoms with E-state index in [0.29, 0.717) is 0 Å². The van der Waals surface area contributed by atoms with Gasteiger partial charge in [0.05, 0.1) is 0 Å². The van der Waals surface area contributed by atoms with E-state index in [1.807, 2.05) is 0 Å². The number of benzene rings is 11. The van der Waals surface area contributed by atoms with Crippen molar-refractivity contribution in [3.05, 3.63) is 193 Å². The Morgan fingerprint density at radius 2 is 0.571 bits per heavy atom. The van der Waals surface area contributed by atoms with Crippen molar-refractivity contribution in [2.45, 2.75) is 0 Å². The SMILES string of the molecule is C1=Cc2ccc3c4ccc5c6c(ccc(c7ccc1c2c73)c64)-c1c-5c(-c2ccccc2)c2cc(-c3ccccc3)c(-c3ccccc3)cc2c1-c1ccccc1. The summed E-state index contributed by atoms with van der Waals surface area (Å²) in [6.45, 7) is 0. The van der Waals surface area contributed by atoms with Crippen molar-refractivity contribution in [1.29, 1.82) is 0 Å². The Morgan fingerprint density at radius 3 is 0.982 bits per heavy atom. The zero-order chi connectivity index (χ0) is 36.5. The maximum absolute atomic E-state index is 2.49. The van der Waals surface area contributed by atoms with E-state index in [9.17, 15) is 0 Å². The van der Waals surface area contributed by atoms with Gasteiger partial charge in [0.25, 0.3) is 0 Å². The minimum Gasteiger partial charge on any atom is -0.0622 e. The number of fused-ring (bicyclic) bond motifs is 6. The van der Waals surface area contributed by atoms with E-state index in [0.717, 1.165) is 0 Å². The van der Waals surface area contributed by atoms with E-state index >= 15 is 0 Å². The molecule has 11 aromatic carbocycles. The van der Waals surface area contributed by atoms with Crippen molar-refractivity contribution in [1.82, 2.24) is 0 Å². The molecule has 13 rings (SSSR count). The van der Waals surface area contributed by atoms with Gasteiger partial charge in [-0.1, -0.05) is 182 Å². The molecule has 0 spiro atoms. The molecule has 0 nitrogen and oxygen atoms in total. The molecule has 2 aliphatic carbocycles. The molecule has 256 valence electrons. The first-order valence-electron chi connectivity index (χ1n) is 19.6. The molecule has 0 fully saturated rings. The highest BCUT2D eigenvalue weighted by Gasteiger charge is 2.33. The molecule has 0 aromatic heterocycles. The molecule has 0 saturated heterocycles. The topological polar surface area (TPSA) is 0 Å². The van der Waals surface area contributed by atoms with Gasteiger partial charge >= 0.3 is 0 Å². The Balaban J connectivity index is 1.25. The van der Waals surface area contributed by atoms with E-state index < -0.39 is 0 Å². The zero-order valence-electron chi connectivity index (χ0n) is 30.5. The average molecular weight is 705 g/mol. The normalized spacial score (nSPS) is 12.6. The van der Waals surface area contributed by atoms with Crippen LogP contribution in [-0.4, -0.2) is 0 Å². The van der Waals surface area contributed by atoms with Gasteiger partial charge in [0.2, 0.25) is 0 Å². The van der Waals surface area contributed by atoms with Gasteiger partial charge in [0, 0.05) is 0 Å². The lowest BCUT2D eigenvalue weighted by atomic mass is 9.80. The summed E-state index contributed by atoms with van der Waals surface area (Å²) in [4.78, 5) is 0. The Labute approximate surface area is 324 Å². The highest BCUT2D eigenvalue weighted by Crippen LogP contribution is 2.60. The Hall–Kier alpha value is -7.28. The summed E-state index contributed by atoms with van der Waals surface area (Å²) in [7, 11) is 0. The molecule has 0 atom stereocenters. The first-order valence-corrected chi connectivity index (χ1v) is 19.6. The van der Waals surface area contributed by atoms with Crippen LogP contribution in [-0.2, 0) is 0 Å². The molecule has 2 aliphatic rings. The molecule has 0 heterocycles. The van der Waals surface area contributed by atoms with Gasteiger partial charge in [-0.25, -0.2) is 0 Å². The van der Waals surface area contributed by atoms with Crippen LogP contribution in [0.25, 0.3) is 133 Å². The zero-order valence-corrected chi connectivity index (χ0v) is 30.5. The fourth-order valence-corrected chi connectivity index (χ4v) is 10.4. The summed E-state index contributed by atoms with van der Waals surface area (Å²) >= 11 is 0. The number of hydrogen-bond donors (Lipinski definition) is 0. The molecule has 56 heavy (non-hydrogen) atoms. The quantitative estimate of drug-likeness (QED) is 0.126. The molecule has 0 unspecified atom stereocenters. The fraction of sp³-hybridized carbons (Fsp3) is 0. The number of rotatable bonds is 4. The van der Waals surface area contributed by atoms with Crippen molar-refractivity contribution in [2.75, 3.05) is 0 Å². The molecule has 0 aliphatic heterocycles. The molecular formula is C56H32. The third-order valence-electron chi connectivity index (χ3n) is 12.7. The summed E-state index contributed by atoms with van der Waals surface area (Å²) in [6, 6.07) is 68.1. The van der Waals surface area contributed by atoms with Gasteiger partial charge in [0.1, 0.15) is 0 Å². The lowest BCUT2D eigenvalue weighted by molar-refractivity contribution is 1.59. The van der Waals surface area contributed by atoms with Crippen LogP contribution >= 0.6 is 0 Å². The fourth-order valence-electron chi connectivity index (χ4n) is 10.4. The van der Waals surface area contributed by atoms with Crippen LogP contribution in [0.4, 0.5) is 0 Å². The summed E-state index contributed by atoms with van der Waals surface area (Å²) in [5, 5.41) is 13.4. The van der Waals surface area contributed by atoms with Crippen molar-refractivity contribution in [2.24, 2.45) is 0 Å². The van der Waals surface area contributed by atoms with Crippen molar-refractivity contribution in [3.63, 3.8) is 0 Å². The second-order valence-electron chi connectivity index (χ2n) is 15.5. The molecular weight excluding hydrogens is 673 g/mol. The van der Waals surface area contributed by atoms with E-state index in [-0.39, 0.29) is 0 Å². The predicted molar refractivity (Wildman–Crippen MR) is 240 cm³/mol. The smallest absolute Gasteiger partial charge is 0.000740 e. The van der Waals surface area contributed by atoms with Gasteiger partial charge < -0.3 is 0 Å².